The van der Waals surface area contributed by atoms with Gasteiger partial charge in [0.1, 0.15) is 0 Å². The summed E-state index contributed by atoms with van der Waals surface area (Å²) in [7, 11) is 0. The van der Waals surface area contributed by atoms with Gasteiger partial charge in [0.2, 0.25) is 0 Å². The molecule has 2 aromatic rings. The van der Waals surface area contributed by atoms with Crippen molar-refractivity contribution in [1.29, 1.82) is 0 Å². The lowest BCUT2D eigenvalue weighted by Gasteiger charge is -2.11. The summed E-state index contributed by atoms with van der Waals surface area (Å²) in [5.41, 5.74) is 7.22. The Morgan fingerprint density at radius 2 is 1.00 bits per heavy atom. The van der Waals surface area contributed by atoms with E-state index in [9.17, 15) is 0 Å². The minimum absolute atomic E-state index is 1.04. The van der Waals surface area contributed by atoms with Gasteiger partial charge in [0.15, 0.2) is 0 Å². The first-order valence-corrected chi connectivity index (χ1v) is 4.80. The second-order valence-electron chi connectivity index (χ2n) is 3.75. The smallest absolute Gasteiger partial charge is 0.0921 e. The van der Waals surface area contributed by atoms with Crippen LogP contribution in [0, 0.1) is 27.7 Å². The number of hydrogen-bond donors (Lipinski definition) is 0. The summed E-state index contributed by atoms with van der Waals surface area (Å²) < 4.78 is 0. The van der Waals surface area contributed by atoms with E-state index < -0.39 is 0 Å². The molecule has 0 aliphatic carbocycles. The van der Waals surface area contributed by atoms with Gasteiger partial charge < -0.3 is 0 Å². The van der Waals surface area contributed by atoms with E-state index in [4.69, 9.17) is 0 Å². The first-order valence-electron chi connectivity index (χ1n) is 4.80. The molecule has 14 heavy (non-hydrogen) atoms. The van der Waals surface area contributed by atoms with Gasteiger partial charge in [-0.15, -0.1) is 0 Å². The van der Waals surface area contributed by atoms with Crippen LogP contribution < -0.4 is 0 Å². The number of benzene rings is 1. The van der Waals surface area contributed by atoms with E-state index in [1.54, 1.807) is 12.4 Å². The number of rotatable bonds is 0. The zero-order valence-electron chi connectivity index (χ0n) is 9.05. The lowest BCUT2D eigenvalue weighted by molar-refractivity contribution is 1.19. The van der Waals surface area contributed by atoms with Crippen molar-refractivity contribution >= 4 is 11.0 Å². The molecule has 1 aromatic carbocycles. The summed E-state index contributed by atoms with van der Waals surface area (Å²) in [6.45, 7) is 8.51. The van der Waals surface area contributed by atoms with Crippen LogP contribution in [0.2, 0.25) is 0 Å². The van der Waals surface area contributed by atoms with Crippen molar-refractivity contribution in [2.45, 2.75) is 27.7 Å². The maximum atomic E-state index is 4.38. The van der Waals surface area contributed by atoms with Crippen LogP contribution in [0.25, 0.3) is 11.0 Å². The predicted molar refractivity (Wildman–Crippen MR) is 58.5 cm³/mol. The third-order valence-electron chi connectivity index (χ3n) is 3.10. The average molecular weight is 186 g/mol. The fraction of sp³-hybridized carbons (Fsp3) is 0.333. The second kappa shape index (κ2) is 3.05. The van der Waals surface area contributed by atoms with Gasteiger partial charge in [0, 0.05) is 12.4 Å². The summed E-state index contributed by atoms with van der Waals surface area (Å²) in [6.07, 6.45) is 3.51. The fourth-order valence-corrected chi connectivity index (χ4v) is 1.80. The Morgan fingerprint density at radius 3 is 1.36 bits per heavy atom. The van der Waals surface area contributed by atoms with Crippen LogP contribution in [0.4, 0.5) is 0 Å². The second-order valence-corrected chi connectivity index (χ2v) is 3.75. The molecule has 0 radical (unpaired) electrons. The molecule has 0 saturated heterocycles. The quantitative estimate of drug-likeness (QED) is 0.632. The molecule has 0 atom stereocenters. The zero-order chi connectivity index (χ0) is 10.3. The maximum Gasteiger partial charge on any atom is 0.0921 e. The molecule has 2 nitrogen and oxygen atoms in total. The molecule has 0 amide bonds. The molecule has 0 fully saturated rings. The number of aromatic nitrogens is 2. The Hall–Kier alpha value is -1.44. The standard InChI is InChI=1S/C12H14N2/c1-7-8(2)10(4)12-11(9(7)3)13-5-6-14-12/h5-6H,1-4H3. The largest absolute Gasteiger partial charge is 0.253 e. The molecule has 0 saturated carbocycles. The molecule has 2 heteroatoms. The Morgan fingerprint density at radius 1 is 0.643 bits per heavy atom. The lowest BCUT2D eigenvalue weighted by Crippen LogP contribution is -1.96. The molecule has 1 aromatic heterocycles. The summed E-state index contributed by atoms with van der Waals surface area (Å²) in [4.78, 5) is 8.76. The Bertz CT molecular complexity index is 455. The van der Waals surface area contributed by atoms with E-state index in [1.807, 2.05) is 0 Å². The highest BCUT2D eigenvalue weighted by Crippen LogP contribution is 2.25. The van der Waals surface area contributed by atoms with Gasteiger partial charge in [-0.05, 0) is 49.9 Å². The number of hydrogen-bond acceptors (Lipinski definition) is 2. The maximum absolute atomic E-state index is 4.38. The highest BCUT2D eigenvalue weighted by atomic mass is 14.8. The molecule has 72 valence electrons. The SMILES string of the molecule is Cc1c(C)c(C)c2nccnc2c1C. The molecule has 0 bridgehead atoms. The number of fused-ring (bicyclic) bond motifs is 1. The highest BCUT2D eigenvalue weighted by Gasteiger charge is 2.09. The summed E-state index contributed by atoms with van der Waals surface area (Å²) >= 11 is 0. The van der Waals surface area contributed by atoms with Crippen molar-refractivity contribution in [3.63, 3.8) is 0 Å². The topological polar surface area (TPSA) is 25.8 Å². The number of aryl methyl sites for hydroxylation is 2. The van der Waals surface area contributed by atoms with E-state index >= 15 is 0 Å². The normalized spacial score (nSPS) is 10.9. The van der Waals surface area contributed by atoms with Crippen molar-refractivity contribution in [3.8, 4) is 0 Å². The van der Waals surface area contributed by atoms with Crippen molar-refractivity contribution < 1.29 is 0 Å². The van der Waals surface area contributed by atoms with Gasteiger partial charge in [0.25, 0.3) is 0 Å². The van der Waals surface area contributed by atoms with Crippen LogP contribution in [-0.2, 0) is 0 Å². The van der Waals surface area contributed by atoms with Gasteiger partial charge in [-0.3, -0.25) is 9.97 Å². The fourth-order valence-electron chi connectivity index (χ4n) is 1.80. The Labute approximate surface area is 84.0 Å². The first kappa shape index (κ1) is 9.13. The Balaban J connectivity index is 3.02. The van der Waals surface area contributed by atoms with Crippen LogP contribution in [0.1, 0.15) is 22.3 Å². The molecule has 0 N–H and O–H groups in total. The van der Waals surface area contributed by atoms with Crippen molar-refractivity contribution in [2.75, 3.05) is 0 Å². The van der Waals surface area contributed by atoms with Crippen LogP contribution in [0.3, 0.4) is 0 Å². The van der Waals surface area contributed by atoms with Crippen LogP contribution in [0.5, 0.6) is 0 Å². The monoisotopic (exact) mass is 186 g/mol. The van der Waals surface area contributed by atoms with Crippen LogP contribution in [0.15, 0.2) is 12.4 Å². The van der Waals surface area contributed by atoms with E-state index in [0.717, 1.165) is 11.0 Å². The molecule has 0 aliphatic heterocycles. The molecule has 1 heterocycles. The van der Waals surface area contributed by atoms with Gasteiger partial charge in [-0.1, -0.05) is 0 Å². The third kappa shape index (κ3) is 1.10. The highest BCUT2D eigenvalue weighted by molar-refractivity contribution is 5.83. The van der Waals surface area contributed by atoms with Crippen molar-refractivity contribution in [1.82, 2.24) is 9.97 Å². The first-order chi connectivity index (χ1) is 6.63. The molecule has 2 rings (SSSR count). The predicted octanol–water partition coefficient (Wildman–Crippen LogP) is 2.86. The van der Waals surface area contributed by atoms with E-state index in [2.05, 4.69) is 37.7 Å². The molecule has 0 unspecified atom stereocenters. The van der Waals surface area contributed by atoms with Gasteiger partial charge in [0.05, 0.1) is 11.0 Å². The van der Waals surface area contributed by atoms with Gasteiger partial charge >= 0.3 is 0 Å². The van der Waals surface area contributed by atoms with E-state index in [-0.39, 0.29) is 0 Å². The zero-order valence-corrected chi connectivity index (χ0v) is 9.05. The van der Waals surface area contributed by atoms with Crippen molar-refractivity contribution in [2.24, 2.45) is 0 Å². The lowest BCUT2D eigenvalue weighted by atomic mass is 9.97. The van der Waals surface area contributed by atoms with Gasteiger partial charge in [-0.25, -0.2) is 0 Å². The summed E-state index contributed by atoms with van der Waals surface area (Å²) in [5.74, 6) is 0. The van der Waals surface area contributed by atoms with Crippen LogP contribution in [-0.4, -0.2) is 9.97 Å². The summed E-state index contributed by atoms with van der Waals surface area (Å²) in [6, 6.07) is 0. The molecule has 0 spiro atoms. The molecular formula is C12H14N2. The Kier molecular flexibility index (Phi) is 1.99. The van der Waals surface area contributed by atoms with Crippen molar-refractivity contribution in [3.05, 3.63) is 34.6 Å². The van der Waals surface area contributed by atoms with E-state index in [1.165, 1.54) is 22.3 Å². The summed E-state index contributed by atoms with van der Waals surface area (Å²) in [5, 5.41) is 0. The minimum Gasteiger partial charge on any atom is -0.253 e. The van der Waals surface area contributed by atoms with Gasteiger partial charge in [-0.2, -0.15) is 0 Å². The third-order valence-corrected chi connectivity index (χ3v) is 3.10. The average Bonchev–Trinajstić information content (AvgIpc) is 2.23. The molecule has 0 aliphatic rings. The van der Waals surface area contributed by atoms with Crippen LogP contribution >= 0.6 is 0 Å². The minimum atomic E-state index is 1.04. The number of nitrogens with zero attached hydrogens (tertiary/aromatic N) is 2. The van der Waals surface area contributed by atoms with E-state index in [0.29, 0.717) is 0 Å². The molecular weight excluding hydrogens is 172 g/mol.